The summed E-state index contributed by atoms with van der Waals surface area (Å²) in [7, 11) is 0. The van der Waals surface area contributed by atoms with Crippen LogP contribution < -0.4 is 0 Å². The Morgan fingerprint density at radius 3 is 1.81 bits per heavy atom. The van der Waals surface area contributed by atoms with Crippen molar-refractivity contribution in [1.82, 2.24) is 14.5 Å². The van der Waals surface area contributed by atoms with Crippen molar-refractivity contribution in [2.75, 3.05) is 0 Å². The van der Waals surface area contributed by atoms with Gasteiger partial charge in [-0.05, 0) is 92.3 Å². The minimum Gasteiger partial charge on any atom is -0.292 e. The molecule has 12 aromatic rings. The zero-order valence-corrected chi connectivity index (χ0v) is 29.9. The minimum atomic E-state index is 0.928. The molecule has 0 unspecified atom stereocenters. The van der Waals surface area contributed by atoms with Gasteiger partial charge in [0.2, 0.25) is 0 Å². The van der Waals surface area contributed by atoms with Gasteiger partial charge < -0.3 is 0 Å². The summed E-state index contributed by atoms with van der Waals surface area (Å²) in [6, 6.07) is 57.7. The zero-order chi connectivity index (χ0) is 34.6. The van der Waals surface area contributed by atoms with E-state index in [9.17, 15) is 0 Å². The van der Waals surface area contributed by atoms with E-state index in [-0.39, 0.29) is 0 Å². The van der Waals surface area contributed by atoms with Crippen molar-refractivity contribution >= 4 is 106 Å². The van der Waals surface area contributed by atoms with Gasteiger partial charge in [0, 0.05) is 41.0 Å². The predicted octanol–water partition coefficient (Wildman–Crippen LogP) is 13.9. The monoisotopic (exact) mass is 709 g/mol. The van der Waals surface area contributed by atoms with Crippen LogP contribution in [-0.2, 0) is 0 Å². The van der Waals surface area contributed by atoms with E-state index in [0.29, 0.717) is 0 Å². The summed E-state index contributed by atoms with van der Waals surface area (Å²) in [6.45, 7) is 0. The number of benzene rings is 8. The Balaban J connectivity index is 0.987. The second-order valence-corrected chi connectivity index (χ2v) is 15.9. The van der Waals surface area contributed by atoms with Crippen LogP contribution in [0.25, 0.3) is 112 Å². The Bertz CT molecular complexity index is 3480. The lowest BCUT2D eigenvalue weighted by molar-refractivity contribution is 1.08. The third-order valence-electron chi connectivity index (χ3n) is 10.9. The number of fused-ring (bicyclic) bond motifs is 12. The first-order chi connectivity index (χ1) is 26.2. The maximum atomic E-state index is 4.99. The molecule has 5 heteroatoms. The molecular formula is C48H27N3S2. The lowest BCUT2D eigenvalue weighted by Crippen LogP contribution is -1.98. The topological polar surface area (TPSA) is 30.7 Å². The van der Waals surface area contributed by atoms with Crippen LogP contribution in [0, 0.1) is 0 Å². The molecule has 0 bridgehead atoms. The molecule has 8 aromatic carbocycles. The van der Waals surface area contributed by atoms with Crippen molar-refractivity contribution in [3.05, 3.63) is 164 Å². The van der Waals surface area contributed by atoms with Gasteiger partial charge in [-0.2, -0.15) is 0 Å². The van der Waals surface area contributed by atoms with Crippen molar-refractivity contribution in [2.24, 2.45) is 0 Å². The molecule has 0 saturated carbocycles. The largest absolute Gasteiger partial charge is 0.292 e. The van der Waals surface area contributed by atoms with E-state index in [2.05, 4.69) is 162 Å². The summed E-state index contributed by atoms with van der Waals surface area (Å²) in [5.41, 5.74) is 8.16. The SMILES string of the molecule is c1ccc2cc(-c3ccc4cc(-c5ccc6sc7c(-n8c9ccccc9c9c%10sc%11ccccc%11c%10ccc98)ncnc7c6c5)ccc4c3)ccc2c1. The number of hydrogen-bond acceptors (Lipinski definition) is 4. The number of nitrogens with zero attached hydrogens (tertiary/aromatic N) is 3. The van der Waals surface area contributed by atoms with Crippen LogP contribution in [0.15, 0.2) is 164 Å². The third-order valence-corrected chi connectivity index (χ3v) is 13.2. The fourth-order valence-corrected chi connectivity index (χ4v) is 10.7. The van der Waals surface area contributed by atoms with Crippen LogP contribution in [0.3, 0.4) is 0 Å². The molecule has 0 saturated heterocycles. The molecule has 0 atom stereocenters. The van der Waals surface area contributed by atoms with Gasteiger partial charge in [-0.25, -0.2) is 9.97 Å². The molecule has 4 heterocycles. The highest BCUT2D eigenvalue weighted by atomic mass is 32.1. The molecule has 0 aliphatic heterocycles. The number of rotatable bonds is 3. The van der Waals surface area contributed by atoms with E-state index in [1.165, 1.54) is 85.0 Å². The van der Waals surface area contributed by atoms with Gasteiger partial charge >= 0.3 is 0 Å². The fourth-order valence-electron chi connectivity index (χ4n) is 8.34. The van der Waals surface area contributed by atoms with Crippen molar-refractivity contribution < 1.29 is 0 Å². The highest BCUT2D eigenvalue weighted by Gasteiger charge is 2.21. The van der Waals surface area contributed by atoms with E-state index >= 15 is 0 Å². The first-order valence-corrected chi connectivity index (χ1v) is 19.4. The number of aromatic nitrogens is 3. The van der Waals surface area contributed by atoms with Gasteiger partial charge in [-0.3, -0.25) is 4.57 Å². The molecule has 0 aliphatic rings. The summed E-state index contributed by atoms with van der Waals surface area (Å²) in [4.78, 5) is 9.90. The smallest absolute Gasteiger partial charge is 0.159 e. The second kappa shape index (κ2) is 11.1. The Kier molecular flexibility index (Phi) is 6.09. The molecule has 0 spiro atoms. The summed E-state index contributed by atoms with van der Waals surface area (Å²) in [5, 5.41) is 11.3. The minimum absolute atomic E-state index is 0.928. The predicted molar refractivity (Wildman–Crippen MR) is 228 cm³/mol. The van der Waals surface area contributed by atoms with E-state index in [4.69, 9.17) is 9.97 Å². The highest BCUT2D eigenvalue weighted by molar-refractivity contribution is 7.27. The Labute approximate surface area is 311 Å². The van der Waals surface area contributed by atoms with Crippen LogP contribution in [0.4, 0.5) is 0 Å². The lowest BCUT2D eigenvalue weighted by Gasteiger charge is -2.09. The summed E-state index contributed by atoms with van der Waals surface area (Å²) in [5.74, 6) is 0.928. The van der Waals surface area contributed by atoms with Gasteiger partial charge in [-0.1, -0.05) is 109 Å². The second-order valence-electron chi connectivity index (χ2n) is 13.8. The van der Waals surface area contributed by atoms with Crippen molar-refractivity contribution in [3.63, 3.8) is 0 Å². The van der Waals surface area contributed by atoms with Crippen molar-refractivity contribution in [3.8, 4) is 28.1 Å². The Hall–Kier alpha value is -6.40. The fraction of sp³-hybridized carbons (Fsp3) is 0. The van der Waals surface area contributed by atoms with Crippen LogP contribution in [-0.4, -0.2) is 14.5 Å². The molecule has 0 fully saturated rings. The van der Waals surface area contributed by atoms with Gasteiger partial charge in [0.25, 0.3) is 0 Å². The van der Waals surface area contributed by atoms with Crippen LogP contribution in [0.1, 0.15) is 0 Å². The van der Waals surface area contributed by atoms with Gasteiger partial charge in [-0.15, -0.1) is 22.7 Å². The number of hydrogen-bond donors (Lipinski definition) is 0. The standard InChI is InChI=1S/C48H27N3S2/c1-2-8-29-23-30(14-13-28(29)7-1)31-15-16-33-25-34(18-17-32(33)24-31)35-19-22-43-39(26-35)45-47(53-43)48(50-27-49-45)51-40-11-5-3-10-38(40)44-41(51)21-20-37-36-9-4-6-12-42(36)52-46(37)44/h1-27H. The van der Waals surface area contributed by atoms with E-state index < -0.39 is 0 Å². The molecule has 246 valence electrons. The zero-order valence-electron chi connectivity index (χ0n) is 28.2. The van der Waals surface area contributed by atoms with Gasteiger partial charge in [0.15, 0.2) is 5.82 Å². The maximum absolute atomic E-state index is 4.99. The molecule has 0 radical (unpaired) electrons. The van der Waals surface area contributed by atoms with E-state index in [1.54, 1.807) is 17.7 Å². The average Bonchev–Trinajstić information content (AvgIpc) is 3.89. The average molecular weight is 710 g/mol. The highest BCUT2D eigenvalue weighted by Crippen LogP contribution is 2.45. The molecule has 53 heavy (non-hydrogen) atoms. The molecule has 3 nitrogen and oxygen atoms in total. The van der Waals surface area contributed by atoms with Crippen molar-refractivity contribution in [1.29, 1.82) is 0 Å². The quantitative estimate of drug-likeness (QED) is 0.183. The summed E-state index contributed by atoms with van der Waals surface area (Å²) in [6.07, 6.45) is 1.73. The van der Waals surface area contributed by atoms with Gasteiger partial charge in [0.1, 0.15) is 6.33 Å². The van der Waals surface area contributed by atoms with Gasteiger partial charge in [0.05, 0.1) is 21.3 Å². The summed E-state index contributed by atoms with van der Waals surface area (Å²) >= 11 is 3.65. The molecule has 0 amide bonds. The molecule has 4 aromatic heterocycles. The molecule has 12 rings (SSSR count). The van der Waals surface area contributed by atoms with E-state index in [0.717, 1.165) is 26.9 Å². The molecule has 0 aliphatic carbocycles. The Morgan fingerprint density at radius 1 is 0.396 bits per heavy atom. The normalized spacial score (nSPS) is 12.2. The first kappa shape index (κ1) is 29.2. The van der Waals surface area contributed by atoms with Crippen LogP contribution >= 0.6 is 22.7 Å². The van der Waals surface area contributed by atoms with Crippen LogP contribution in [0.2, 0.25) is 0 Å². The third kappa shape index (κ3) is 4.32. The maximum Gasteiger partial charge on any atom is 0.159 e. The molecular weight excluding hydrogens is 683 g/mol. The van der Waals surface area contributed by atoms with Crippen molar-refractivity contribution in [2.45, 2.75) is 0 Å². The molecule has 0 N–H and O–H groups in total. The van der Waals surface area contributed by atoms with E-state index in [1.807, 2.05) is 11.3 Å². The Morgan fingerprint density at radius 2 is 1.00 bits per heavy atom. The first-order valence-electron chi connectivity index (χ1n) is 17.8. The lowest BCUT2D eigenvalue weighted by atomic mass is 9.96. The number of thiophene rings is 2. The van der Waals surface area contributed by atoms with Crippen LogP contribution in [0.5, 0.6) is 0 Å². The summed E-state index contributed by atoms with van der Waals surface area (Å²) < 4.78 is 7.29. The number of para-hydroxylation sites is 1.